The minimum absolute atomic E-state index is 0.0388. The zero-order valence-electron chi connectivity index (χ0n) is 13.1. The van der Waals surface area contributed by atoms with Crippen molar-refractivity contribution < 1.29 is 9.53 Å². The molecule has 22 heavy (non-hydrogen) atoms. The number of nitrogens with one attached hydrogen (secondary N) is 1. The van der Waals surface area contributed by atoms with Crippen LogP contribution in [0.3, 0.4) is 0 Å². The first kappa shape index (κ1) is 16.4. The zero-order valence-corrected chi connectivity index (χ0v) is 13.9. The van der Waals surface area contributed by atoms with Gasteiger partial charge in [0.1, 0.15) is 10.8 Å². The molecule has 0 aliphatic rings. The molecule has 0 spiro atoms. The third-order valence-corrected chi connectivity index (χ3v) is 3.96. The molecule has 0 saturated carbocycles. The fourth-order valence-electron chi connectivity index (χ4n) is 1.97. The fourth-order valence-corrected chi connectivity index (χ4v) is 2.94. The zero-order chi connectivity index (χ0) is 15.9. The van der Waals surface area contributed by atoms with Crippen LogP contribution < -0.4 is 10.1 Å². The number of hydrogen-bond acceptors (Lipinski definition) is 5. The number of aryl methyl sites for hydroxylation is 1. The Bertz CT molecular complexity index is 608. The summed E-state index contributed by atoms with van der Waals surface area (Å²) in [5.41, 5.74) is 1.11. The number of carbonyl (C=O) groups excluding carboxylic acids is 1. The van der Waals surface area contributed by atoms with E-state index in [1.165, 1.54) is 11.3 Å². The fraction of sp³-hybridized carbons (Fsp3) is 0.438. The maximum absolute atomic E-state index is 11.9. The topological polar surface area (TPSA) is 64.1 Å². The molecule has 1 heterocycles. The van der Waals surface area contributed by atoms with Crippen molar-refractivity contribution in [2.45, 2.75) is 33.1 Å². The van der Waals surface area contributed by atoms with Crippen LogP contribution in [0.4, 0.5) is 5.13 Å². The van der Waals surface area contributed by atoms with Crippen LogP contribution in [0.2, 0.25) is 0 Å². The lowest BCUT2D eigenvalue weighted by atomic mass is 10.1. The third kappa shape index (κ3) is 5.11. The second kappa shape index (κ2) is 7.89. The molecule has 0 aliphatic carbocycles. The minimum atomic E-state index is -0.0388. The second-order valence-corrected chi connectivity index (χ2v) is 6.56. The van der Waals surface area contributed by atoms with E-state index in [2.05, 4.69) is 29.4 Å². The smallest absolute Gasteiger partial charge is 0.226 e. The van der Waals surface area contributed by atoms with Crippen molar-refractivity contribution in [3.8, 4) is 5.75 Å². The van der Waals surface area contributed by atoms with Gasteiger partial charge in [0.05, 0.1) is 7.11 Å². The molecule has 2 rings (SSSR count). The van der Waals surface area contributed by atoms with E-state index in [0.29, 0.717) is 23.9 Å². The molecule has 118 valence electrons. The van der Waals surface area contributed by atoms with E-state index in [1.807, 2.05) is 24.3 Å². The Balaban J connectivity index is 1.80. The molecule has 1 amide bonds. The molecule has 0 saturated heterocycles. The first-order chi connectivity index (χ1) is 10.6. The lowest BCUT2D eigenvalue weighted by Gasteiger charge is -2.03. The minimum Gasteiger partial charge on any atom is -0.497 e. The summed E-state index contributed by atoms with van der Waals surface area (Å²) in [7, 11) is 1.64. The van der Waals surface area contributed by atoms with Crippen molar-refractivity contribution in [2.24, 2.45) is 5.92 Å². The molecule has 1 aromatic heterocycles. The van der Waals surface area contributed by atoms with Gasteiger partial charge in [-0.05, 0) is 30.0 Å². The van der Waals surface area contributed by atoms with Gasteiger partial charge in [0.2, 0.25) is 11.0 Å². The first-order valence-electron chi connectivity index (χ1n) is 7.32. The molecular formula is C16H21N3O2S. The predicted molar refractivity (Wildman–Crippen MR) is 88.4 cm³/mol. The number of ether oxygens (including phenoxy) is 1. The van der Waals surface area contributed by atoms with Crippen molar-refractivity contribution in [3.63, 3.8) is 0 Å². The highest BCUT2D eigenvalue weighted by Gasteiger charge is 2.09. The van der Waals surface area contributed by atoms with Gasteiger partial charge in [0.15, 0.2) is 0 Å². The molecule has 0 fully saturated rings. The van der Waals surface area contributed by atoms with Gasteiger partial charge in [-0.1, -0.05) is 37.3 Å². The average molecular weight is 319 g/mol. The number of aromatic nitrogens is 2. The van der Waals surface area contributed by atoms with E-state index in [0.717, 1.165) is 22.7 Å². The maximum Gasteiger partial charge on any atom is 0.226 e. The molecule has 1 N–H and O–H groups in total. The highest BCUT2D eigenvalue weighted by Crippen LogP contribution is 2.19. The Kier molecular flexibility index (Phi) is 5.89. The highest BCUT2D eigenvalue weighted by atomic mass is 32.1. The third-order valence-electron chi connectivity index (χ3n) is 3.10. The summed E-state index contributed by atoms with van der Waals surface area (Å²) in [6.07, 6.45) is 2.00. The average Bonchev–Trinajstić information content (AvgIpc) is 2.92. The van der Waals surface area contributed by atoms with Crippen molar-refractivity contribution in [1.29, 1.82) is 0 Å². The van der Waals surface area contributed by atoms with Crippen LogP contribution >= 0.6 is 11.3 Å². The number of methoxy groups -OCH3 is 1. The standard InChI is InChI=1S/C16H21N3O2S/c1-11(2)10-15-18-19-16(22-15)17-14(20)9-6-12-4-7-13(21-3)8-5-12/h4-5,7-8,11H,6,9-10H2,1-3H3,(H,17,19,20). The molecule has 0 atom stereocenters. The quantitative estimate of drug-likeness (QED) is 0.850. The van der Waals surface area contributed by atoms with Gasteiger partial charge in [-0.15, -0.1) is 10.2 Å². The molecule has 0 bridgehead atoms. The summed E-state index contributed by atoms with van der Waals surface area (Å²) in [4.78, 5) is 11.9. The lowest BCUT2D eigenvalue weighted by molar-refractivity contribution is -0.116. The van der Waals surface area contributed by atoms with E-state index in [1.54, 1.807) is 7.11 Å². The van der Waals surface area contributed by atoms with Crippen LogP contribution in [-0.4, -0.2) is 23.2 Å². The van der Waals surface area contributed by atoms with Gasteiger partial charge in [-0.25, -0.2) is 0 Å². The number of rotatable bonds is 7. The largest absolute Gasteiger partial charge is 0.497 e. The number of anilines is 1. The second-order valence-electron chi connectivity index (χ2n) is 5.50. The van der Waals surface area contributed by atoms with Crippen molar-refractivity contribution in [3.05, 3.63) is 34.8 Å². The number of benzene rings is 1. The van der Waals surface area contributed by atoms with Gasteiger partial charge in [0, 0.05) is 12.8 Å². The Morgan fingerprint density at radius 3 is 2.64 bits per heavy atom. The van der Waals surface area contributed by atoms with Crippen LogP contribution in [0.1, 0.15) is 30.8 Å². The van der Waals surface area contributed by atoms with Crippen molar-refractivity contribution in [1.82, 2.24) is 10.2 Å². The molecule has 6 heteroatoms. The number of nitrogens with zero attached hydrogens (tertiary/aromatic N) is 2. The SMILES string of the molecule is COc1ccc(CCC(=O)Nc2nnc(CC(C)C)s2)cc1. The molecule has 5 nitrogen and oxygen atoms in total. The normalized spacial score (nSPS) is 10.7. The maximum atomic E-state index is 11.9. The first-order valence-corrected chi connectivity index (χ1v) is 8.13. The molecule has 0 unspecified atom stereocenters. The van der Waals surface area contributed by atoms with Crippen LogP contribution in [-0.2, 0) is 17.6 Å². The van der Waals surface area contributed by atoms with Gasteiger partial charge in [-0.3, -0.25) is 4.79 Å². The van der Waals surface area contributed by atoms with Crippen molar-refractivity contribution in [2.75, 3.05) is 12.4 Å². The predicted octanol–water partition coefficient (Wildman–Crippen LogP) is 3.32. The lowest BCUT2D eigenvalue weighted by Crippen LogP contribution is -2.12. The monoisotopic (exact) mass is 319 g/mol. The number of carbonyl (C=O) groups is 1. The Morgan fingerprint density at radius 1 is 1.27 bits per heavy atom. The highest BCUT2D eigenvalue weighted by molar-refractivity contribution is 7.15. The van der Waals surface area contributed by atoms with Crippen LogP contribution in [0.25, 0.3) is 0 Å². The van der Waals surface area contributed by atoms with Crippen LogP contribution in [0.15, 0.2) is 24.3 Å². The summed E-state index contributed by atoms with van der Waals surface area (Å²) in [6, 6.07) is 7.74. The van der Waals surface area contributed by atoms with Gasteiger partial charge < -0.3 is 10.1 Å². The molecule has 0 radical (unpaired) electrons. The van der Waals surface area contributed by atoms with Gasteiger partial charge in [0.25, 0.3) is 0 Å². The van der Waals surface area contributed by atoms with E-state index < -0.39 is 0 Å². The summed E-state index contributed by atoms with van der Waals surface area (Å²) >= 11 is 1.45. The van der Waals surface area contributed by atoms with Crippen LogP contribution in [0.5, 0.6) is 5.75 Å². The summed E-state index contributed by atoms with van der Waals surface area (Å²) in [5, 5.41) is 12.4. The van der Waals surface area contributed by atoms with E-state index in [4.69, 9.17) is 4.74 Å². The molecular weight excluding hydrogens is 298 g/mol. The number of amides is 1. The molecule has 2 aromatic rings. The molecule has 1 aromatic carbocycles. The van der Waals surface area contributed by atoms with E-state index >= 15 is 0 Å². The Morgan fingerprint density at radius 2 is 2.00 bits per heavy atom. The Hall–Kier alpha value is -1.95. The summed E-state index contributed by atoms with van der Waals surface area (Å²) < 4.78 is 5.11. The Labute approximate surface area is 134 Å². The van der Waals surface area contributed by atoms with Crippen molar-refractivity contribution >= 4 is 22.4 Å². The summed E-state index contributed by atoms with van der Waals surface area (Å²) in [6.45, 7) is 4.27. The van der Waals surface area contributed by atoms with Gasteiger partial charge in [-0.2, -0.15) is 0 Å². The van der Waals surface area contributed by atoms with Gasteiger partial charge >= 0.3 is 0 Å². The molecule has 0 aliphatic heterocycles. The van der Waals surface area contributed by atoms with E-state index in [-0.39, 0.29) is 5.91 Å². The summed E-state index contributed by atoms with van der Waals surface area (Å²) in [5.74, 6) is 1.31. The van der Waals surface area contributed by atoms with Crippen LogP contribution in [0, 0.1) is 5.92 Å². The van der Waals surface area contributed by atoms with E-state index in [9.17, 15) is 4.79 Å². The number of hydrogen-bond donors (Lipinski definition) is 1.